The number of rotatable bonds is 5. The molecule has 9 heteroatoms. The minimum Gasteiger partial charge on any atom is -0.495 e. The van der Waals surface area contributed by atoms with Crippen LogP contribution < -0.4 is 15.8 Å². The van der Waals surface area contributed by atoms with Crippen molar-refractivity contribution in [3.63, 3.8) is 0 Å². The monoisotopic (exact) mass is 433 g/mol. The predicted octanol–water partition coefficient (Wildman–Crippen LogP) is 3.27. The Bertz CT molecular complexity index is 1280. The average Bonchev–Trinajstić information content (AvgIpc) is 3.42. The molecule has 166 valence electrons. The van der Waals surface area contributed by atoms with Gasteiger partial charge in [0.1, 0.15) is 29.1 Å². The quantitative estimate of drug-likeness (QED) is 0.444. The fraction of sp³-hybridized carbons (Fsp3) is 0.391. The summed E-state index contributed by atoms with van der Waals surface area (Å²) < 4.78 is 7.31. The number of fused-ring (bicyclic) bond motifs is 2. The number of ether oxygens (including phenoxy) is 1. The molecule has 1 amide bonds. The van der Waals surface area contributed by atoms with Gasteiger partial charge < -0.3 is 20.8 Å². The summed E-state index contributed by atoms with van der Waals surface area (Å²) in [4.78, 5) is 24.9. The van der Waals surface area contributed by atoms with Crippen molar-refractivity contribution in [3.8, 4) is 17.1 Å². The number of amides is 1. The molecule has 0 spiro atoms. The van der Waals surface area contributed by atoms with Crippen LogP contribution >= 0.6 is 0 Å². The van der Waals surface area contributed by atoms with E-state index >= 15 is 0 Å². The normalized spacial score (nSPS) is 18.8. The van der Waals surface area contributed by atoms with Gasteiger partial charge in [0.15, 0.2) is 5.82 Å². The number of hydrogen-bond acceptors (Lipinski definition) is 6. The second-order valence-electron chi connectivity index (χ2n) is 8.27. The molecule has 4 N–H and O–H groups in total. The lowest BCUT2D eigenvalue weighted by molar-refractivity contribution is -0.125. The van der Waals surface area contributed by atoms with Crippen LogP contribution in [-0.2, 0) is 4.79 Å². The number of nitrogen functional groups attached to an aromatic ring is 1. The van der Waals surface area contributed by atoms with Gasteiger partial charge in [-0.1, -0.05) is 12.1 Å². The summed E-state index contributed by atoms with van der Waals surface area (Å²) in [5, 5.41) is 8.45. The van der Waals surface area contributed by atoms with E-state index in [1.165, 1.54) is 6.33 Å². The predicted molar refractivity (Wildman–Crippen MR) is 122 cm³/mol. The number of aromatic amines is 1. The molecule has 0 atom stereocenters. The van der Waals surface area contributed by atoms with E-state index in [9.17, 15) is 4.79 Å². The molecule has 4 aromatic rings. The van der Waals surface area contributed by atoms with Crippen molar-refractivity contribution >= 4 is 28.1 Å². The van der Waals surface area contributed by atoms with Gasteiger partial charge in [-0.2, -0.15) is 5.10 Å². The van der Waals surface area contributed by atoms with Crippen LogP contribution in [0.4, 0.5) is 5.82 Å². The number of hydrogen-bond donors (Lipinski definition) is 3. The van der Waals surface area contributed by atoms with E-state index < -0.39 is 0 Å². The summed E-state index contributed by atoms with van der Waals surface area (Å²) in [6.07, 6.45) is 4.90. The maximum Gasteiger partial charge on any atom is 0.223 e. The number of imidazole rings is 1. The molecular formula is C23H27N7O2. The summed E-state index contributed by atoms with van der Waals surface area (Å²) in [5.74, 6) is 2.44. The third-order valence-electron chi connectivity index (χ3n) is 6.39. The summed E-state index contributed by atoms with van der Waals surface area (Å²) in [5.41, 5.74) is 9.44. The third-order valence-corrected chi connectivity index (χ3v) is 6.39. The van der Waals surface area contributed by atoms with Crippen LogP contribution in [0.15, 0.2) is 30.6 Å². The van der Waals surface area contributed by atoms with Crippen LogP contribution in [0.2, 0.25) is 0 Å². The van der Waals surface area contributed by atoms with Crippen molar-refractivity contribution in [1.82, 2.24) is 29.9 Å². The Kier molecular flexibility index (Phi) is 5.16. The molecule has 1 aliphatic rings. The Morgan fingerprint density at radius 3 is 2.88 bits per heavy atom. The molecule has 3 heterocycles. The van der Waals surface area contributed by atoms with E-state index in [0.29, 0.717) is 17.9 Å². The van der Waals surface area contributed by atoms with E-state index in [1.54, 1.807) is 7.11 Å². The van der Waals surface area contributed by atoms with Crippen molar-refractivity contribution in [2.75, 3.05) is 19.4 Å². The lowest BCUT2D eigenvalue weighted by Crippen LogP contribution is -2.32. The fourth-order valence-corrected chi connectivity index (χ4v) is 4.79. The maximum absolute atomic E-state index is 12.2. The lowest BCUT2D eigenvalue weighted by atomic mass is 9.81. The molecule has 0 radical (unpaired) electrons. The minimum atomic E-state index is 0.0674. The number of H-pyrrole nitrogens is 1. The summed E-state index contributed by atoms with van der Waals surface area (Å²) in [6, 6.07) is 7.95. The minimum absolute atomic E-state index is 0.0674. The number of nitrogens with one attached hydrogen (secondary N) is 2. The van der Waals surface area contributed by atoms with Gasteiger partial charge in [-0.05, 0) is 44.7 Å². The molecule has 1 aliphatic carbocycles. The highest BCUT2D eigenvalue weighted by molar-refractivity contribution is 5.93. The molecule has 1 fully saturated rings. The number of methoxy groups -OCH3 is 1. The van der Waals surface area contributed by atoms with E-state index in [4.69, 9.17) is 15.5 Å². The standard InChI is InChI=1S/C23H27N7O2/c1-3-25-23(31)14-9-7-13(8-10-14)22-29-19(20-21(24)26-12-27-30(20)22)16-11-15-5-4-6-17(32-2)18(15)28-16/h4-6,11-14,28H,3,7-10H2,1-2H3,(H,25,31)(H2,24,26,27)/t13-,14-. The number of aromatic nitrogens is 5. The van der Waals surface area contributed by atoms with Gasteiger partial charge >= 0.3 is 0 Å². The molecular weight excluding hydrogens is 406 g/mol. The van der Waals surface area contributed by atoms with Crippen molar-refractivity contribution in [3.05, 3.63) is 36.4 Å². The van der Waals surface area contributed by atoms with E-state index in [-0.39, 0.29) is 17.7 Å². The molecule has 5 rings (SSSR count). The summed E-state index contributed by atoms with van der Waals surface area (Å²) >= 11 is 0. The van der Waals surface area contributed by atoms with Crippen LogP contribution in [-0.4, -0.2) is 44.1 Å². The molecule has 32 heavy (non-hydrogen) atoms. The number of nitrogens with two attached hydrogens (primary N) is 1. The van der Waals surface area contributed by atoms with Crippen LogP contribution in [0.5, 0.6) is 5.75 Å². The number of carbonyl (C=O) groups excluding carboxylic acids is 1. The molecule has 0 bridgehead atoms. The van der Waals surface area contributed by atoms with Gasteiger partial charge in [0.25, 0.3) is 0 Å². The first-order valence-corrected chi connectivity index (χ1v) is 11.0. The zero-order valence-corrected chi connectivity index (χ0v) is 18.3. The van der Waals surface area contributed by atoms with Crippen molar-refractivity contribution in [2.24, 2.45) is 5.92 Å². The highest BCUT2D eigenvalue weighted by atomic mass is 16.5. The van der Waals surface area contributed by atoms with Crippen molar-refractivity contribution < 1.29 is 9.53 Å². The highest BCUT2D eigenvalue weighted by Crippen LogP contribution is 2.39. The smallest absolute Gasteiger partial charge is 0.223 e. The Morgan fingerprint density at radius 1 is 1.31 bits per heavy atom. The number of nitrogens with zero attached hydrogens (tertiary/aromatic N) is 4. The van der Waals surface area contributed by atoms with Gasteiger partial charge in [-0.25, -0.2) is 14.5 Å². The molecule has 0 unspecified atom stereocenters. The van der Waals surface area contributed by atoms with E-state index in [0.717, 1.165) is 59.5 Å². The van der Waals surface area contributed by atoms with Gasteiger partial charge in [0, 0.05) is 23.8 Å². The van der Waals surface area contributed by atoms with Gasteiger partial charge in [0.2, 0.25) is 5.91 Å². The van der Waals surface area contributed by atoms with Crippen LogP contribution in [0.25, 0.3) is 27.8 Å². The average molecular weight is 434 g/mol. The second-order valence-corrected chi connectivity index (χ2v) is 8.27. The SMILES string of the molecule is CCNC(=O)[C@H]1CC[C@H](c2nc(-c3cc4cccc(OC)c4[nH]3)c3c(N)ncnn32)CC1. The Hall–Kier alpha value is -3.62. The van der Waals surface area contributed by atoms with Crippen molar-refractivity contribution in [1.29, 1.82) is 0 Å². The second kappa shape index (κ2) is 8.14. The molecule has 1 aromatic carbocycles. The zero-order valence-electron chi connectivity index (χ0n) is 18.3. The summed E-state index contributed by atoms with van der Waals surface area (Å²) in [7, 11) is 1.66. The van der Waals surface area contributed by atoms with Gasteiger partial charge in [-0.15, -0.1) is 0 Å². The third kappa shape index (κ3) is 3.34. The van der Waals surface area contributed by atoms with Crippen LogP contribution in [0, 0.1) is 5.92 Å². The van der Waals surface area contributed by atoms with Crippen molar-refractivity contribution in [2.45, 2.75) is 38.5 Å². The van der Waals surface area contributed by atoms with E-state index in [1.807, 2.05) is 35.7 Å². The first kappa shape index (κ1) is 20.3. The first-order valence-electron chi connectivity index (χ1n) is 11.0. The number of para-hydroxylation sites is 1. The fourth-order valence-electron chi connectivity index (χ4n) is 4.79. The maximum atomic E-state index is 12.2. The van der Waals surface area contributed by atoms with Crippen LogP contribution in [0.3, 0.4) is 0 Å². The molecule has 9 nitrogen and oxygen atoms in total. The Labute approximate surface area is 185 Å². The number of benzene rings is 1. The number of anilines is 1. The lowest BCUT2D eigenvalue weighted by Gasteiger charge is -2.26. The largest absolute Gasteiger partial charge is 0.495 e. The highest BCUT2D eigenvalue weighted by Gasteiger charge is 2.31. The molecule has 0 aliphatic heterocycles. The number of carbonyl (C=O) groups is 1. The molecule has 0 saturated heterocycles. The summed E-state index contributed by atoms with van der Waals surface area (Å²) in [6.45, 7) is 2.62. The first-order chi connectivity index (χ1) is 15.6. The molecule has 1 saturated carbocycles. The van der Waals surface area contributed by atoms with E-state index in [2.05, 4.69) is 20.4 Å². The van der Waals surface area contributed by atoms with Gasteiger partial charge in [0.05, 0.1) is 18.3 Å². The Balaban J connectivity index is 1.55. The zero-order chi connectivity index (χ0) is 22.2. The Morgan fingerprint density at radius 2 is 2.12 bits per heavy atom. The van der Waals surface area contributed by atoms with Crippen LogP contribution in [0.1, 0.15) is 44.3 Å². The topological polar surface area (TPSA) is 123 Å². The molecule has 3 aromatic heterocycles. The van der Waals surface area contributed by atoms with Gasteiger partial charge in [-0.3, -0.25) is 4.79 Å².